The number of ether oxygens (including phenoxy) is 2. The van der Waals surface area contributed by atoms with E-state index in [1.165, 1.54) is 0 Å². The summed E-state index contributed by atoms with van der Waals surface area (Å²) in [6.07, 6.45) is 0. The van der Waals surface area contributed by atoms with E-state index in [2.05, 4.69) is 5.32 Å². The Balaban J connectivity index is 2.16. The van der Waals surface area contributed by atoms with E-state index in [4.69, 9.17) is 15.2 Å². The lowest BCUT2D eigenvalue weighted by atomic mass is 9.88. The molecule has 0 saturated carbocycles. The van der Waals surface area contributed by atoms with Gasteiger partial charge in [0.2, 0.25) is 6.79 Å². The molecule has 1 aliphatic rings. The van der Waals surface area contributed by atoms with Crippen molar-refractivity contribution in [3.8, 4) is 11.5 Å². The molecule has 3 N–H and O–H groups in total. The third kappa shape index (κ3) is 2.66. The zero-order chi connectivity index (χ0) is 14.0. The third-order valence-electron chi connectivity index (χ3n) is 3.73. The topological polar surface area (TPSA) is 73.6 Å². The van der Waals surface area contributed by atoms with Crippen LogP contribution in [0.4, 0.5) is 0 Å². The number of nitrogens with two attached hydrogens (primary N) is 1. The summed E-state index contributed by atoms with van der Waals surface area (Å²) in [5.41, 5.74) is 5.89. The van der Waals surface area contributed by atoms with Crippen LogP contribution in [0.3, 0.4) is 0 Å². The molecule has 1 unspecified atom stereocenters. The SMILES string of the molecule is CC(C)C(C)(CN)NC(=O)c1ccc2c(c1)OCO2. The van der Waals surface area contributed by atoms with Crippen LogP contribution in [0.15, 0.2) is 18.2 Å². The Morgan fingerprint density at radius 3 is 2.74 bits per heavy atom. The standard InChI is InChI=1S/C14H20N2O3/c1-9(2)14(3,7-15)16-13(17)10-4-5-11-12(6-10)19-8-18-11/h4-6,9H,7-8,15H2,1-3H3,(H,16,17). The Labute approximate surface area is 113 Å². The smallest absolute Gasteiger partial charge is 0.251 e. The summed E-state index contributed by atoms with van der Waals surface area (Å²) < 4.78 is 10.5. The quantitative estimate of drug-likeness (QED) is 0.864. The summed E-state index contributed by atoms with van der Waals surface area (Å²) in [7, 11) is 0. The van der Waals surface area contributed by atoms with Crippen molar-refractivity contribution in [2.24, 2.45) is 11.7 Å². The molecule has 2 rings (SSSR count). The van der Waals surface area contributed by atoms with E-state index < -0.39 is 5.54 Å². The van der Waals surface area contributed by atoms with Gasteiger partial charge in [0.15, 0.2) is 11.5 Å². The zero-order valence-corrected chi connectivity index (χ0v) is 11.5. The molecule has 0 radical (unpaired) electrons. The molecule has 1 amide bonds. The minimum absolute atomic E-state index is 0.153. The molecule has 1 heterocycles. The maximum Gasteiger partial charge on any atom is 0.251 e. The monoisotopic (exact) mass is 264 g/mol. The maximum atomic E-state index is 12.3. The average molecular weight is 264 g/mol. The van der Waals surface area contributed by atoms with Crippen LogP contribution in [0.25, 0.3) is 0 Å². The zero-order valence-electron chi connectivity index (χ0n) is 11.5. The van der Waals surface area contributed by atoms with Crippen LogP contribution < -0.4 is 20.5 Å². The van der Waals surface area contributed by atoms with E-state index in [1.807, 2.05) is 20.8 Å². The fourth-order valence-corrected chi connectivity index (χ4v) is 1.80. The van der Waals surface area contributed by atoms with Gasteiger partial charge >= 0.3 is 0 Å². The number of benzene rings is 1. The van der Waals surface area contributed by atoms with Crippen LogP contribution in [0.1, 0.15) is 31.1 Å². The first-order valence-corrected chi connectivity index (χ1v) is 6.38. The van der Waals surface area contributed by atoms with Gasteiger partial charge < -0.3 is 20.5 Å². The van der Waals surface area contributed by atoms with Crippen molar-refractivity contribution in [1.82, 2.24) is 5.32 Å². The highest BCUT2D eigenvalue weighted by Crippen LogP contribution is 2.32. The van der Waals surface area contributed by atoms with Crippen LogP contribution in [0.2, 0.25) is 0 Å². The second kappa shape index (κ2) is 5.09. The van der Waals surface area contributed by atoms with Crippen LogP contribution in [0, 0.1) is 5.92 Å². The first kappa shape index (κ1) is 13.7. The van der Waals surface area contributed by atoms with Crippen molar-refractivity contribution in [2.75, 3.05) is 13.3 Å². The molecule has 5 nitrogen and oxygen atoms in total. The summed E-state index contributed by atoms with van der Waals surface area (Å²) in [5.74, 6) is 1.36. The van der Waals surface area contributed by atoms with Crippen LogP contribution in [0.5, 0.6) is 11.5 Å². The highest BCUT2D eigenvalue weighted by molar-refractivity contribution is 5.95. The van der Waals surface area contributed by atoms with Crippen LogP contribution in [-0.4, -0.2) is 24.8 Å². The Morgan fingerprint density at radius 1 is 1.42 bits per heavy atom. The highest BCUT2D eigenvalue weighted by Gasteiger charge is 2.29. The number of carbonyl (C=O) groups is 1. The van der Waals surface area contributed by atoms with Gasteiger partial charge in [0.25, 0.3) is 5.91 Å². The number of nitrogens with one attached hydrogen (secondary N) is 1. The number of rotatable bonds is 4. The van der Waals surface area contributed by atoms with E-state index >= 15 is 0 Å². The predicted molar refractivity (Wildman–Crippen MR) is 72.3 cm³/mol. The van der Waals surface area contributed by atoms with E-state index in [9.17, 15) is 4.79 Å². The second-order valence-corrected chi connectivity index (χ2v) is 5.30. The number of fused-ring (bicyclic) bond motifs is 1. The highest BCUT2D eigenvalue weighted by atomic mass is 16.7. The lowest BCUT2D eigenvalue weighted by Gasteiger charge is -2.33. The summed E-state index contributed by atoms with van der Waals surface area (Å²) in [5, 5.41) is 2.99. The molecular weight excluding hydrogens is 244 g/mol. The fraction of sp³-hybridized carbons (Fsp3) is 0.500. The molecule has 0 aliphatic carbocycles. The van der Waals surface area contributed by atoms with E-state index in [0.29, 0.717) is 23.6 Å². The normalized spacial score (nSPS) is 16.3. The largest absolute Gasteiger partial charge is 0.454 e. The molecule has 0 bridgehead atoms. The van der Waals surface area contributed by atoms with Crippen molar-refractivity contribution >= 4 is 5.91 Å². The molecule has 1 aliphatic heterocycles. The predicted octanol–water partition coefficient (Wildman–Crippen LogP) is 1.52. The van der Waals surface area contributed by atoms with E-state index in [0.717, 1.165) is 0 Å². The van der Waals surface area contributed by atoms with Gasteiger partial charge in [-0.25, -0.2) is 0 Å². The van der Waals surface area contributed by atoms with Gasteiger partial charge in [-0.3, -0.25) is 4.79 Å². The minimum atomic E-state index is -0.423. The lowest BCUT2D eigenvalue weighted by Crippen LogP contribution is -2.55. The van der Waals surface area contributed by atoms with Gasteiger partial charge in [0.05, 0.1) is 5.54 Å². The fourth-order valence-electron chi connectivity index (χ4n) is 1.80. The molecular formula is C14H20N2O3. The Hall–Kier alpha value is -1.75. The van der Waals surface area contributed by atoms with Gasteiger partial charge in [-0.1, -0.05) is 13.8 Å². The molecule has 1 aromatic rings. The Kier molecular flexibility index (Phi) is 3.66. The lowest BCUT2D eigenvalue weighted by molar-refractivity contribution is 0.0883. The number of hydrogen-bond acceptors (Lipinski definition) is 4. The molecule has 19 heavy (non-hydrogen) atoms. The first-order chi connectivity index (χ1) is 8.96. The van der Waals surface area contributed by atoms with E-state index in [1.54, 1.807) is 18.2 Å². The number of hydrogen-bond donors (Lipinski definition) is 2. The molecule has 5 heteroatoms. The second-order valence-electron chi connectivity index (χ2n) is 5.30. The van der Waals surface area contributed by atoms with Gasteiger partial charge in [-0.2, -0.15) is 0 Å². The summed E-state index contributed by atoms with van der Waals surface area (Å²) in [6.45, 7) is 6.61. The van der Waals surface area contributed by atoms with Crippen LogP contribution in [-0.2, 0) is 0 Å². The van der Waals surface area contributed by atoms with Crippen molar-refractivity contribution in [3.05, 3.63) is 23.8 Å². The molecule has 0 aromatic heterocycles. The summed E-state index contributed by atoms with van der Waals surface area (Å²) >= 11 is 0. The number of amides is 1. The third-order valence-corrected chi connectivity index (χ3v) is 3.73. The molecule has 0 fully saturated rings. The van der Waals surface area contributed by atoms with Gasteiger partial charge in [0.1, 0.15) is 0 Å². The molecule has 104 valence electrons. The summed E-state index contributed by atoms with van der Waals surface area (Å²) in [4.78, 5) is 12.3. The van der Waals surface area contributed by atoms with Crippen molar-refractivity contribution < 1.29 is 14.3 Å². The molecule has 1 atom stereocenters. The Bertz CT molecular complexity index is 488. The van der Waals surface area contributed by atoms with Crippen molar-refractivity contribution in [1.29, 1.82) is 0 Å². The van der Waals surface area contributed by atoms with Crippen molar-refractivity contribution in [3.63, 3.8) is 0 Å². The minimum Gasteiger partial charge on any atom is -0.454 e. The van der Waals surface area contributed by atoms with Crippen molar-refractivity contribution in [2.45, 2.75) is 26.3 Å². The molecule has 1 aromatic carbocycles. The first-order valence-electron chi connectivity index (χ1n) is 6.38. The van der Waals surface area contributed by atoms with Gasteiger partial charge in [-0.15, -0.1) is 0 Å². The summed E-state index contributed by atoms with van der Waals surface area (Å²) in [6, 6.07) is 5.15. The van der Waals surface area contributed by atoms with Crippen LogP contribution >= 0.6 is 0 Å². The molecule has 0 spiro atoms. The number of carbonyl (C=O) groups excluding carboxylic acids is 1. The van der Waals surface area contributed by atoms with Gasteiger partial charge in [0, 0.05) is 12.1 Å². The molecule has 0 saturated heterocycles. The Morgan fingerprint density at radius 2 is 2.11 bits per heavy atom. The van der Waals surface area contributed by atoms with Gasteiger partial charge in [-0.05, 0) is 31.0 Å². The maximum absolute atomic E-state index is 12.3. The van der Waals surface area contributed by atoms with E-state index in [-0.39, 0.29) is 18.6 Å². The average Bonchev–Trinajstić information content (AvgIpc) is 2.85.